The highest BCUT2D eigenvalue weighted by Gasteiger charge is 2.56. The van der Waals surface area contributed by atoms with E-state index in [0.29, 0.717) is 18.8 Å². The summed E-state index contributed by atoms with van der Waals surface area (Å²) in [4.78, 5) is 13.5. The molecule has 10 atom stereocenters. The van der Waals surface area contributed by atoms with E-state index in [4.69, 9.17) is 47.4 Å². The first-order chi connectivity index (χ1) is 24.3. The van der Waals surface area contributed by atoms with Gasteiger partial charge in [-0.2, -0.15) is 0 Å². The summed E-state index contributed by atoms with van der Waals surface area (Å²) in [5.74, 6) is -1.72. The zero-order chi connectivity index (χ0) is 35.1. The zero-order valence-corrected chi connectivity index (χ0v) is 29.3. The number of hydrogen-bond donors (Lipinski definition) is 0. The Morgan fingerprint density at radius 3 is 2.04 bits per heavy atom. The second kappa shape index (κ2) is 16.9. The van der Waals surface area contributed by atoms with Crippen LogP contribution in [0, 0.1) is 5.92 Å². The minimum atomic E-state index is -1.08. The van der Waals surface area contributed by atoms with Crippen molar-refractivity contribution in [2.24, 2.45) is 5.92 Å². The predicted molar refractivity (Wildman–Crippen MR) is 181 cm³/mol. The average molecular weight is 693 g/mol. The molecule has 3 aromatic carbocycles. The molecule has 0 bridgehead atoms. The van der Waals surface area contributed by atoms with Gasteiger partial charge >= 0.3 is 5.97 Å². The third-order valence-electron chi connectivity index (χ3n) is 9.31. The highest BCUT2D eigenvalue weighted by Crippen LogP contribution is 2.39. The number of methoxy groups -OCH3 is 2. The molecule has 0 amide bonds. The third-order valence-corrected chi connectivity index (χ3v) is 9.31. The Balaban J connectivity index is 1.28. The number of rotatable bonds is 13. The van der Waals surface area contributed by atoms with Crippen molar-refractivity contribution >= 4 is 5.97 Å². The first-order valence-electron chi connectivity index (χ1n) is 17.1. The maximum absolute atomic E-state index is 13.5. The van der Waals surface area contributed by atoms with Crippen LogP contribution < -0.4 is 0 Å². The van der Waals surface area contributed by atoms with Crippen LogP contribution in [0.5, 0.6) is 0 Å². The number of fused-ring (bicyclic) bond motifs is 1. The summed E-state index contributed by atoms with van der Waals surface area (Å²) in [6.45, 7) is 6.82. The van der Waals surface area contributed by atoms with E-state index in [1.54, 1.807) is 38.5 Å². The molecular formula is C39H48O11. The van der Waals surface area contributed by atoms with Gasteiger partial charge in [0.05, 0.1) is 38.1 Å². The van der Waals surface area contributed by atoms with Crippen LogP contribution in [-0.4, -0.2) is 94.5 Å². The topological polar surface area (TPSA) is 109 Å². The van der Waals surface area contributed by atoms with Crippen molar-refractivity contribution in [2.45, 2.75) is 95.1 Å². The lowest BCUT2D eigenvalue weighted by Crippen LogP contribution is -2.67. The number of benzene rings is 3. The molecule has 3 aliphatic rings. The first kappa shape index (κ1) is 36.6. The van der Waals surface area contributed by atoms with Gasteiger partial charge in [-0.25, -0.2) is 4.79 Å². The SMILES string of the molecule is CO[C@H]1O[C@@H](COCc2ccccc2)[C@@H](O[C@@H]2OC3COC(C)(C)O[C@H]3[C@@H](OC)C2OC(=O)c2ccccc2)C(C)C1OCc1ccccc1. The van der Waals surface area contributed by atoms with Crippen LogP contribution in [0.4, 0.5) is 0 Å². The van der Waals surface area contributed by atoms with E-state index in [1.165, 1.54) is 0 Å². The second-order valence-corrected chi connectivity index (χ2v) is 13.3. The lowest BCUT2D eigenvalue weighted by molar-refractivity contribution is -0.398. The Kier molecular flexibility index (Phi) is 12.3. The maximum Gasteiger partial charge on any atom is 0.338 e. The molecule has 3 fully saturated rings. The molecule has 0 N–H and O–H groups in total. The highest BCUT2D eigenvalue weighted by atomic mass is 16.8. The molecule has 0 aliphatic carbocycles. The highest BCUT2D eigenvalue weighted by molar-refractivity contribution is 5.89. The summed E-state index contributed by atoms with van der Waals surface area (Å²) >= 11 is 0. The smallest absolute Gasteiger partial charge is 0.338 e. The van der Waals surface area contributed by atoms with Crippen LogP contribution in [0.15, 0.2) is 91.0 Å². The van der Waals surface area contributed by atoms with Gasteiger partial charge in [-0.1, -0.05) is 85.8 Å². The summed E-state index contributed by atoms with van der Waals surface area (Å²) < 4.78 is 62.9. The lowest BCUT2D eigenvalue weighted by atomic mass is 9.89. The molecular weight excluding hydrogens is 644 g/mol. The van der Waals surface area contributed by atoms with Crippen molar-refractivity contribution in [2.75, 3.05) is 27.4 Å². The van der Waals surface area contributed by atoms with E-state index < -0.39 is 67.1 Å². The van der Waals surface area contributed by atoms with E-state index in [-0.39, 0.29) is 19.1 Å². The Hall–Kier alpha value is -3.23. The average Bonchev–Trinajstić information content (AvgIpc) is 3.13. The molecule has 0 aromatic heterocycles. The number of esters is 1. The van der Waals surface area contributed by atoms with Crippen molar-refractivity contribution in [3.63, 3.8) is 0 Å². The Labute approximate surface area is 293 Å². The van der Waals surface area contributed by atoms with Crippen LogP contribution in [0.25, 0.3) is 0 Å². The van der Waals surface area contributed by atoms with Crippen LogP contribution in [0.3, 0.4) is 0 Å². The molecule has 50 heavy (non-hydrogen) atoms. The summed E-state index contributed by atoms with van der Waals surface area (Å²) in [6.07, 6.45) is -6.43. The van der Waals surface area contributed by atoms with Gasteiger partial charge in [0.25, 0.3) is 0 Å². The van der Waals surface area contributed by atoms with Crippen molar-refractivity contribution < 1.29 is 52.2 Å². The molecule has 3 aliphatic heterocycles. The normalized spacial score (nSPS) is 32.2. The Bertz CT molecular complexity index is 1470. The van der Waals surface area contributed by atoms with Crippen molar-refractivity contribution in [1.82, 2.24) is 0 Å². The fraction of sp³-hybridized carbons (Fsp3) is 0.513. The predicted octanol–water partition coefficient (Wildman–Crippen LogP) is 5.30. The van der Waals surface area contributed by atoms with Gasteiger partial charge in [0.1, 0.15) is 30.5 Å². The molecule has 0 radical (unpaired) electrons. The van der Waals surface area contributed by atoms with Gasteiger partial charge < -0.3 is 47.4 Å². The van der Waals surface area contributed by atoms with Crippen molar-refractivity contribution in [3.05, 3.63) is 108 Å². The summed E-state index contributed by atoms with van der Waals surface area (Å²) in [7, 11) is 3.15. The molecule has 3 aromatic rings. The van der Waals surface area contributed by atoms with Gasteiger partial charge in [0, 0.05) is 20.1 Å². The monoisotopic (exact) mass is 692 g/mol. The van der Waals surface area contributed by atoms with Gasteiger partial charge in [0.2, 0.25) is 0 Å². The van der Waals surface area contributed by atoms with Crippen LogP contribution in [0.2, 0.25) is 0 Å². The molecule has 270 valence electrons. The van der Waals surface area contributed by atoms with E-state index in [2.05, 4.69) is 0 Å². The van der Waals surface area contributed by atoms with E-state index in [0.717, 1.165) is 11.1 Å². The summed E-state index contributed by atoms with van der Waals surface area (Å²) in [5.41, 5.74) is 2.42. The van der Waals surface area contributed by atoms with Crippen LogP contribution in [-0.2, 0) is 60.6 Å². The zero-order valence-electron chi connectivity index (χ0n) is 29.3. The van der Waals surface area contributed by atoms with Gasteiger partial charge in [-0.05, 0) is 37.1 Å². The number of ether oxygens (including phenoxy) is 10. The fourth-order valence-corrected chi connectivity index (χ4v) is 6.72. The van der Waals surface area contributed by atoms with Crippen LogP contribution in [0.1, 0.15) is 42.3 Å². The minimum Gasteiger partial charge on any atom is -0.450 e. The summed E-state index contributed by atoms with van der Waals surface area (Å²) in [5, 5.41) is 0. The molecule has 6 rings (SSSR count). The Morgan fingerprint density at radius 1 is 0.760 bits per heavy atom. The maximum atomic E-state index is 13.5. The summed E-state index contributed by atoms with van der Waals surface area (Å²) in [6, 6.07) is 28.6. The number of hydrogen-bond acceptors (Lipinski definition) is 11. The van der Waals surface area contributed by atoms with Gasteiger partial charge in [-0.15, -0.1) is 0 Å². The minimum absolute atomic E-state index is 0.191. The molecule has 3 saturated heterocycles. The third kappa shape index (κ3) is 8.79. The van der Waals surface area contributed by atoms with E-state index in [9.17, 15) is 4.79 Å². The van der Waals surface area contributed by atoms with E-state index >= 15 is 0 Å². The first-order valence-corrected chi connectivity index (χ1v) is 17.1. The number of carbonyl (C=O) groups is 1. The Morgan fingerprint density at radius 2 is 1.40 bits per heavy atom. The molecule has 4 unspecified atom stereocenters. The van der Waals surface area contributed by atoms with Crippen molar-refractivity contribution in [3.8, 4) is 0 Å². The quantitative estimate of drug-likeness (QED) is 0.218. The molecule has 0 saturated carbocycles. The second-order valence-electron chi connectivity index (χ2n) is 13.3. The largest absolute Gasteiger partial charge is 0.450 e. The standard InChI is InChI=1S/C39H48O11/c1-25-31(29(23-43-21-26-15-9-6-10-16-26)46-37(42-5)32(25)44-22-27-17-11-7-12-18-27)49-38-35(48-36(40)28-19-13-8-14-20-28)34(41-4)33-30(47-38)24-45-39(2,3)50-33/h6-20,25,29-35,37-38H,21-24H2,1-5H3/t25?,29-,30?,31-,32?,33+,34+,35?,37-,38-/m0/s1. The van der Waals surface area contributed by atoms with Gasteiger partial charge in [0.15, 0.2) is 24.5 Å². The van der Waals surface area contributed by atoms with Crippen molar-refractivity contribution in [1.29, 1.82) is 0 Å². The molecule has 3 heterocycles. The van der Waals surface area contributed by atoms with Gasteiger partial charge in [-0.3, -0.25) is 0 Å². The van der Waals surface area contributed by atoms with Crippen LogP contribution >= 0.6 is 0 Å². The molecule has 0 spiro atoms. The fourth-order valence-electron chi connectivity index (χ4n) is 6.72. The lowest BCUT2D eigenvalue weighted by Gasteiger charge is -2.52. The van der Waals surface area contributed by atoms with E-state index in [1.807, 2.05) is 87.5 Å². The molecule has 11 heteroatoms. The number of carbonyl (C=O) groups excluding carboxylic acids is 1. The molecule has 11 nitrogen and oxygen atoms in total.